The highest BCUT2D eigenvalue weighted by Crippen LogP contribution is 2.17. The lowest BCUT2D eigenvalue weighted by Gasteiger charge is -2.22. The molecule has 394 valence electrons. The third-order valence-electron chi connectivity index (χ3n) is 13.7. The average Bonchev–Trinajstić information content (AvgIpc) is 3.33. The normalized spacial score (nSPS) is 12.8. The minimum Gasteiger partial charge on any atom is -0.466 e. The van der Waals surface area contributed by atoms with Crippen LogP contribution in [-0.4, -0.2) is 47.4 Å². The Balaban J connectivity index is 3.44. The highest BCUT2D eigenvalue weighted by molar-refractivity contribution is 5.76. The van der Waals surface area contributed by atoms with E-state index in [4.69, 9.17) is 4.74 Å². The van der Waals surface area contributed by atoms with Gasteiger partial charge < -0.3 is 20.3 Å². The van der Waals surface area contributed by atoms with Crippen molar-refractivity contribution in [3.05, 3.63) is 36.5 Å². The van der Waals surface area contributed by atoms with Crippen molar-refractivity contribution in [2.24, 2.45) is 0 Å². The van der Waals surface area contributed by atoms with E-state index in [-0.39, 0.29) is 18.5 Å². The van der Waals surface area contributed by atoms with E-state index in [1.165, 1.54) is 231 Å². The van der Waals surface area contributed by atoms with E-state index in [1.807, 2.05) is 0 Å². The maximum Gasteiger partial charge on any atom is 0.305 e. The molecule has 0 rings (SSSR count). The van der Waals surface area contributed by atoms with Crippen LogP contribution in [0.4, 0.5) is 0 Å². The van der Waals surface area contributed by atoms with Crippen molar-refractivity contribution < 1.29 is 24.5 Å². The van der Waals surface area contributed by atoms with Gasteiger partial charge in [-0.1, -0.05) is 262 Å². The van der Waals surface area contributed by atoms with Crippen LogP contribution in [0.1, 0.15) is 316 Å². The average molecular weight is 943 g/mol. The molecule has 0 aromatic carbocycles. The van der Waals surface area contributed by atoms with E-state index in [1.54, 1.807) is 0 Å². The molecule has 0 radical (unpaired) electrons. The number of carbonyl (C=O) groups excluding carboxylic acids is 2. The zero-order chi connectivity index (χ0) is 48.6. The second-order valence-corrected chi connectivity index (χ2v) is 20.3. The first-order chi connectivity index (χ1) is 33.0. The number of amides is 1. The van der Waals surface area contributed by atoms with E-state index in [2.05, 4.69) is 55.6 Å². The van der Waals surface area contributed by atoms with Crippen LogP contribution >= 0.6 is 0 Å². The number of hydrogen-bond acceptors (Lipinski definition) is 5. The lowest BCUT2D eigenvalue weighted by Crippen LogP contribution is -2.45. The fourth-order valence-electron chi connectivity index (χ4n) is 9.06. The smallest absolute Gasteiger partial charge is 0.305 e. The molecular weight excluding hydrogens is 827 g/mol. The topological polar surface area (TPSA) is 95.9 Å². The van der Waals surface area contributed by atoms with Crippen molar-refractivity contribution in [3.63, 3.8) is 0 Å². The molecule has 0 fully saturated rings. The van der Waals surface area contributed by atoms with Gasteiger partial charge in [-0.3, -0.25) is 9.59 Å². The number of ether oxygens (including phenoxy) is 1. The fourth-order valence-corrected chi connectivity index (χ4v) is 9.06. The molecule has 0 aromatic rings. The van der Waals surface area contributed by atoms with Crippen molar-refractivity contribution >= 4 is 11.9 Å². The number of esters is 1. The van der Waals surface area contributed by atoms with Crippen LogP contribution in [0.25, 0.3) is 0 Å². The van der Waals surface area contributed by atoms with Crippen molar-refractivity contribution in [3.8, 4) is 0 Å². The first kappa shape index (κ1) is 65.1. The van der Waals surface area contributed by atoms with Gasteiger partial charge in [0, 0.05) is 12.8 Å². The zero-order valence-electron chi connectivity index (χ0n) is 44.9. The highest BCUT2D eigenvalue weighted by Gasteiger charge is 2.20. The van der Waals surface area contributed by atoms with Gasteiger partial charge in [0.15, 0.2) is 0 Å². The number of nitrogens with one attached hydrogen (secondary N) is 1. The summed E-state index contributed by atoms with van der Waals surface area (Å²) >= 11 is 0. The molecule has 2 unspecified atom stereocenters. The molecule has 0 aromatic heterocycles. The molecule has 0 saturated heterocycles. The number of aliphatic hydroxyl groups excluding tert-OH is 2. The molecule has 0 spiro atoms. The standard InChI is InChI=1S/C61H115NO5/c1-3-5-7-9-11-13-15-17-19-26-29-33-37-41-45-49-53-59(64)58(57-63)62-60(65)54-50-46-42-38-34-30-27-24-22-20-21-23-25-28-32-36-40-44-48-52-56-67-61(66)55-51-47-43-39-35-31-18-16-14-12-10-8-6-4-2/h10,12,16,18,20,22,58-59,63-64H,3-9,11,13-15,17,19,21,23-57H2,1-2H3,(H,62,65)/b12-10-,18-16-,22-20-. The largest absolute Gasteiger partial charge is 0.466 e. The summed E-state index contributed by atoms with van der Waals surface area (Å²) in [5.74, 6) is -0.0511. The van der Waals surface area contributed by atoms with Gasteiger partial charge in [0.2, 0.25) is 5.91 Å². The Kier molecular flexibility index (Phi) is 55.0. The minimum atomic E-state index is -0.670. The molecule has 0 aliphatic carbocycles. The maximum atomic E-state index is 12.5. The molecule has 1 amide bonds. The summed E-state index contributed by atoms with van der Waals surface area (Å²) in [6.07, 6.45) is 69.9. The molecule has 0 saturated carbocycles. The molecule has 0 heterocycles. The molecule has 0 aliphatic heterocycles. The Hall–Kier alpha value is -1.92. The molecule has 0 bridgehead atoms. The number of rotatable bonds is 55. The Morgan fingerprint density at radius 1 is 0.418 bits per heavy atom. The van der Waals surface area contributed by atoms with Crippen LogP contribution in [0.15, 0.2) is 36.5 Å². The second kappa shape index (κ2) is 56.7. The lowest BCUT2D eigenvalue weighted by atomic mass is 10.0. The summed E-state index contributed by atoms with van der Waals surface area (Å²) in [5.41, 5.74) is 0. The number of unbranched alkanes of at least 4 members (excludes halogenated alkanes) is 38. The zero-order valence-corrected chi connectivity index (χ0v) is 44.9. The van der Waals surface area contributed by atoms with Crippen LogP contribution in [0.5, 0.6) is 0 Å². The summed E-state index contributed by atoms with van der Waals surface area (Å²) in [7, 11) is 0. The van der Waals surface area contributed by atoms with Gasteiger partial charge in [-0.05, 0) is 77.0 Å². The van der Waals surface area contributed by atoms with Crippen molar-refractivity contribution in [1.82, 2.24) is 5.32 Å². The third kappa shape index (κ3) is 53.3. The monoisotopic (exact) mass is 942 g/mol. The third-order valence-corrected chi connectivity index (χ3v) is 13.7. The molecular formula is C61H115NO5. The van der Waals surface area contributed by atoms with Crippen LogP contribution in [0.2, 0.25) is 0 Å². The molecule has 6 nitrogen and oxygen atoms in total. The SMILES string of the molecule is CCCC/C=C\C/C=C\CCCCCCCC(=O)OCCCCCCCCCCC/C=C\CCCCCCCCCC(=O)NC(CO)C(O)CCCCCCCCCCCCCCCCCC. The van der Waals surface area contributed by atoms with E-state index in [9.17, 15) is 19.8 Å². The van der Waals surface area contributed by atoms with Gasteiger partial charge in [-0.25, -0.2) is 0 Å². The number of hydrogen-bond donors (Lipinski definition) is 3. The minimum absolute atomic E-state index is 0.00842. The molecule has 67 heavy (non-hydrogen) atoms. The summed E-state index contributed by atoms with van der Waals surface area (Å²) in [4.78, 5) is 24.5. The quantitative estimate of drug-likeness (QED) is 0.0321. The fraction of sp³-hybridized carbons (Fsp3) is 0.869. The van der Waals surface area contributed by atoms with Gasteiger partial charge in [0.05, 0.1) is 25.4 Å². The Morgan fingerprint density at radius 2 is 0.761 bits per heavy atom. The van der Waals surface area contributed by atoms with Crippen LogP contribution in [0.3, 0.4) is 0 Å². The number of allylic oxidation sites excluding steroid dienone is 6. The van der Waals surface area contributed by atoms with Gasteiger partial charge in [-0.2, -0.15) is 0 Å². The van der Waals surface area contributed by atoms with Crippen LogP contribution in [-0.2, 0) is 14.3 Å². The van der Waals surface area contributed by atoms with Gasteiger partial charge >= 0.3 is 5.97 Å². The number of carbonyl (C=O) groups is 2. The molecule has 3 N–H and O–H groups in total. The molecule has 6 heteroatoms. The van der Waals surface area contributed by atoms with E-state index >= 15 is 0 Å². The summed E-state index contributed by atoms with van der Waals surface area (Å²) in [6.45, 7) is 4.91. The van der Waals surface area contributed by atoms with Crippen molar-refractivity contribution in [2.45, 2.75) is 328 Å². The summed E-state index contributed by atoms with van der Waals surface area (Å²) in [6, 6.07) is -0.548. The first-order valence-corrected chi connectivity index (χ1v) is 29.7. The first-order valence-electron chi connectivity index (χ1n) is 29.7. The Labute approximate surface area is 417 Å². The lowest BCUT2D eigenvalue weighted by molar-refractivity contribution is -0.143. The van der Waals surface area contributed by atoms with Crippen molar-refractivity contribution in [1.29, 1.82) is 0 Å². The Bertz CT molecular complexity index is 1090. The van der Waals surface area contributed by atoms with Crippen LogP contribution < -0.4 is 5.32 Å². The van der Waals surface area contributed by atoms with E-state index in [0.717, 1.165) is 51.4 Å². The second-order valence-electron chi connectivity index (χ2n) is 20.3. The predicted molar refractivity (Wildman–Crippen MR) is 292 cm³/mol. The highest BCUT2D eigenvalue weighted by atomic mass is 16.5. The Morgan fingerprint density at radius 3 is 1.19 bits per heavy atom. The van der Waals surface area contributed by atoms with E-state index < -0.39 is 12.1 Å². The molecule has 0 aliphatic rings. The summed E-state index contributed by atoms with van der Waals surface area (Å²) < 4.78 is 5.46. The predicted octanol–water partition coefficient (Wildman–Crippen LogP) is 18.4. The van der Waals surface area contributed by atoms with Crippen molar-refractivity contribution in [2.75, 3.05) is 13.2 Å². The van der Waals surface area contributed by atoms with Gasteiger partial charge in [0.1, 0.15) is 0 Å². The maximum absolute atomic E-state index is 12.5. The molecule has 2 atom stereocenters. The number of aliphatic hydroxyl groups is 2. The van der Waals surface area contributed by atoms with Gasteiger partial charge in [0.25, 0.3) is 0 Å². The van der Waals surface area contributed by atoms with Crippen LogP contribution in [0, 0.1) is 0 Å². The summed E-state index contributed by atoms with van der Waals surface area (Å²) in [5, 5.41) is 23.3. The van der Waals surface area contributed by atoms with E-state index in [0.29, 0.717) is 25.9 Å². The van der Waals surface area contributed by atoms with Gasteiger partial charge in [-0.15, -0.1) is 0 Å².